The van der Waals surface area contributed by atoms with Gasteiger partial charge in [0.05, 0.1) is 5.56 Å². The minimum Gasteiger partial charge on any atom is -0.451 e. The maximum Gasteiger partial charge on any atom is 0.417 e. The Bertz CT molecular complexity index is 1220. The number of hydrogen-bond donors (Lipinski definition) is 1. The van der Waals surface area contributed by atoms with Crippen LogP contribution in [0.1, 0.15) is 26.6 Å². The van der Waals surface area contributed by atoms with Gasteiger partial charge in [-0.15, -0.1) is 11.3 Å². The van der Waals surface area contributed by atoms with Crippen LogP contribution in [0.4, 0.5) is 18.3 Å². The molecule has 0 atom stereocenters. The first-order valence-corrected chi connectivity index (χ1v) is 10.7. The maximum absolute atomic E-state index is 13.2. The highest BCUT2D eigenvalue weighted by Gasteiger charge is 2.34. The third-order valence-electron chi connectivity index (χ3n) is 4.39. The van der Waals surface area contributed by atoms with Gasteiger partial charge in [0.2, 0.25) is 0 Å². The van der Waals surface area contributed by atoms with Crippen LogP contribution in [0.15, 0.2) is 75.8 Å². The lowest BCUT2D eigenvalue weighted by atomic mass is 10.1. The van der Waals surface area contributed by atoms with E-state index in [2.05, 4.69) is 26.2 Å². The molecule has 0 unspecified atom stereocenters. The number of nitrogens with one attached hydrogen (secondary N) is 1. The summed E-state index contributed by atoms with van der Waals surface area (Å²) in [6, 6.07) is 15.6. The fraction of sp³-hybridized carbons (Fsp3) is 0.0909. The predicted molar refractivity (Wildman–Crippen MR) is 116 cm³/mol. The van der Waals surface area contributed by atoms with Gasteiger partial charge in [0.25, 0.3) is 5.91 Å². The molecule has 1 amide bonds. The van der Waals surface area contributed by atoms with Crippen LogP contribution in [-0.4, -0.2) is 10.9 Å². The number of nitrogens with zero attached hydrogens (tertiary/aromatic N) is 1. The highest BCUT2D eigenvalue weighted by molar-refractivity contribution is 9.10. The number of carbonyl (C=O) groups is 1. The first kappa shape index (κ1) is 21.3. The largest absolute Gasteiger partial charge is 0.451 e. The molecule has 4 rings (SSSR count). The Kier molecular flexibility index (Phi) is 5.97. The van der Waals surface area contributed by atoms with Crippen LogP contribution < -0.4 is 5.32 Å². The van der Waals surface area contributed by atoms with Crippen molar-refractivity contribution in [3.05, 3.63) is 93.1 Å². The van der Waals surface area contributed by atoms with E-state index in [9.17, 15) is 18.0 Å². The number of thiazole rings is 1. The standard InChI is InChI=1S/C22H14BrF3N2O2S/c23-14-7-5-13(6-8-14)11-15-12-27-21(31-15)28-20(29)19-10-9-18(30-19)16-3-1-2-4-17(16)22(24,25)26/h1-10,12H,11H2,(H,27,28,29). The molecular weight excluding hydrogens is 493 g/mol. The van der Waals surface area contributed by atoms with Crippen LogP contribution >= 0.6 is 27.3 Å². The smallest absolute Gasteiger partial charge is 0.417 e. The number of alkyl halides is 3. The summed E-state index contributed by atoms with van der Waals surface area (Å²) >= 11 is 4.71. The molecule has 0 fully saturated rings. The monoisotopic (exact) mass is 506 g/mol. The second-order valence-electron chi connectivity index (χ2n) is 6.60. The highest BCUT2D eigenvalue weighted by atomic mass is 79.9. The Hall–Kier alpha value is -2.91. The molecule has 2 aromatic carbocycles. The Morgan fingerprint density at radius 1 is 1.06 bits per heavy atom. The lowest BCUT2D eigenvalue weighted by molar-refractivity contribution is -0.137. The van der Waals surface area contributed by atoms with E-state index in [1.54, 1.807) is 6.20 Å². The molecule has 0 aliphatic heterocycles. The van der Waals surface area contributed by atoms with Crippen molar-refractivity contribution in [1.29, 1.82) is 0 Å². The van der Waals surface area contributed by atoms with E-state index in [4.69, 9.17) is 4.42 Å². The molecule has 4 aromatic rings. The normalized spacial score (nSPS) is 11.5. The van der Waals surface area contributed by atoms with Crippen molar-refractivity contribution in [2.24, 2.45) is 0 Å². The van der Waals surface area contributed by atoms with E-state index in [0.717, 1.165) is 21.0 Å². The molecule has 0 aliphatic carbocycles. The Morgan fingerprint density at radius 2 is 1.81 bits per heavy atom. The third-order valence-corrected chi connectivity index (χ3v) is 5.83. The number of carbonyl (C=O) groups excluding carboxylic acids is 1. The van der Waals surface area contributed by atoms with E-state index >= 15 is 0 Å². The van der Waals surface area contributed by atoms with Crippen molar-refractivity contribution >= 4 is 38.3 Å². The van der Waals surface area contributed by atoms with Gasteiger partial charge in [-0.05, 0) is 35.9 Å². The molecule has 1 N–H and O–H groups in total. The number of amides is 1. The molecule has 0 saturated carbocycles. The van der Waals surface area contributed by atoms with Crippen LogP contribution in [0, 0.1) is 0 Å². The first-order valence-electron chi connectivity index (χ1n) is 9.06. The van der Waals surface area contributed by atoms with Crippen molar-refractivity contribution in [2.45, 2.75) is 12.6 Å². The number of hydrogen-bond acceptors (Lipinski definition) is 4. The molecule has 0 saturated heterocycles. The van der Waals surface area contributed by atoms with Gasteiger partial charge in [-0.1, -0.05) is 46.3 Å². The van der Waals surface area contributed by atoms with Crippen LogP contribution in [0.2, 0.25) is 0 Å². The third kappa shape index (κ3) is 5.05. The van der Waals surface area contributed by atoms with Gasteiger partial charge in [-0.2, -0.15) is 13.2 Å². The van der Waals surface area contributed by atoms with Crippen molar-refractivity contribution in [3.63, 3.8) is 0 Å². The number of aromatic nitrogens is 1. The lowest BCUT2D eigenvalue weighted by Crippen LogP contribution is -2.10. The van der Waals surface area contributed by atoms with E-state index < -0.39 is 17.6 Å². The number of halogens is 4. The zero-order valence-corrected chi connectivity index (χ0v) is 18.1. The molecule has 4 nitrogen and oxygen atoms in total. The summed E-state index contributed by atoms with van der Waals surface area (Å²) in [5.74, 6) is -0.718. The van der Waals surface area contributed by atoms with E-state index in [1.807, 2.05) is 24.3 Å². The summed E-state index contributed by atoms with van der Waals surface area (Å²) in [5, 5.41) is 3.01. The SMILES string of the molecule is O=C(Nc1ncc(Cc2ccc(Br)cc2)s1)c1ccc(-c2ccccc2C(F)(F)F)o1. The Morgan fingerprint density at radius 3 is 2.55 bits per heavy atom. The zero-order valence-electron chi connectivity index (χ0n) is 15.7. The van der Waals surface area contributed by atoms with E-state index in [-0.39, 0.29) is 17.1 Å². The van der Waals surface area contributed by atoms with E-state index in [1.165, 1.54) is 41.7 Å². The number of rotatable bonds is 5. The summed E-state index contributed by atoms with van der Waals surface area (Å²) in [6.07, 6.45) is -2.19. The fourth-order valence-corrected chi connectivity index (χ4v) is 4.07. The van der Waals surface area contributed by atoms with Gasteiger partial charge in [-0.25, -0.2) is 4.98 Å². The Labute approximate surface area is 187 Å². The second kappa shape index (κ2) is 8.68. The van der Waals surface area contributed by atoms with Gasteiger partial charge >= 0.3 is 6.18 Å². The van der Waals surface area contributed by atoms with Crippen LogP contribution in [-0.2, 0) is 12.6 Å². The van der Waals surface area contributed by atoms with Crippen molar-refractivity contribution in [2.75, 3.05) is 5.32 Å². The Balaban J connectivity index is 1.47. The average Bonchev–Trinajstić information content (AvgIpc) is 3.39. The predicted octanol–water partition coefficient (Wildman–Crippen LogP) is 7.03. The molecule has 158 valence electrons. The fourth-order valence-electron chi connectivity index (χ4n) is 2.96. The summed E-state index contributed by atoms with van der Waals surface area (Å²) in [5.41, 5.74) is 0.151. The van der Waals surface area contributed by atoms with Gasteiger partial charge in [0, 0.05) is 27.5 Å². The minimum absolute atomic E-state index is 0.0341. The highest BCUT2D eigenvalue weighted by Crippen LogP contribution is 2.37. The molecule has 2 heterocycles. The lowest BCUT2D eigenvalue weighted by Gasteiger charge is -2.10. The van der Waals surface area contributed by atoms with E-state index in [0.29, 0.717) is 11.6 Å². The topological polar surface area (TPSA) is 55.1 Å². The molecule has 0 bridgehead atoms. The number of anilines is 1. The summed E-state index contributed by atoms with van der Waals surface area (Å²) in [7, 11) is 0. The summed E-state index contributed by atoms with van der Waals surface area (Å²) in [6.45, 7) is 0. The number of furan rings is 1. The summed E-state index contributed by atoms with van der Waals surface area (Å²) in [4.78, 5) is 17.6. The zero-order chi connectivity index (χ0) is 22.0. The van der Waals surface area contributed by atoms with Crippen molar-refractivity contribution in [1.82, 2.24) is 4.98 Å². The van der Waals surface area contributed by atoms with Gasteiger partial charge < -0.3 is 4.42 Å². The van der Waals surface area contributed by atoms with Gasteiger partial charge in [0.1, 0.15) is 5.76 Å². The first-order chi connectivity index (χ1) is 14.8. The van der Waals surface area contributed by atoms with Crippen LogP contribution in [0.5, 0.6) is 0 Å². The molecule has 31 heavy (non-hydrogen) atoms. The number of benzene rings is 2. The minimum atomic E-state index is -4.53. The average molecular weight is 507 g/mol. The second-order valence-corrected chi connectivity index (χ2v) is 8.63. The molecule has 0 radical (unpaired) electrons. The van der Waals surface area contributed by atoms with Gasteiger partial charge in [0.15, 0.2) is 10.9 Å². The van der Waals surface area contributed by atoms with Crippen LogP contribution in [0.3, 0.4) is 0 Å². The molecule has 0 spiro atoms. The van der Waals surface area contributed by atoms with Gasteiger partial charge in [-0.3, -0.25) is 10.1 Å². The molecule has 0 aliphatic rings. The quantitative estimate of drug-likeness (QED) is 0.316. The molecule has 2 aromatic heterocycles. The van der Waals surface area contributed by atoms with Crippen molar-refractivity contribution < 1.29 is 22.4 Å². The summed E-state index contributed by atoms with van der Waals surface area (Å²) < 4.78 is 46.1. The van der Waals surface area contributed by atoms with Crippen molar-refractivity contribution in [3.8, 4) is 11.3 Å². The molecular formula is C22H14BrF3N2O2S. The molecule has 9 heteroatoms. The van der Waals surface area contributed by atoms with Crippen LogP contribution in [0.25, 0.3) is 11.3 Å². The maximum atomic E-state index is 13.2.